The van der Waals surface area contributed by atoms with E-state index in [0.29, 0.717) is 38.8 Å². The molecule has 0 bridgehead atoms. The zero-order valence-corrected chi connectivity index (χ0v) is 19.4. The van der Waals surface area contributed by atoms with Gasteiger partial charge in [0, 0.05) is 32.5 Å². The molecular formula is C22H42N4O4. The van der Waals surface area contributed by atoms with Crippen molar-refractivity contribution in [3.8, 4) is 0 Å². The minimum Gasteiger partial charge on any atom is -0.348 e. The lowest BCUT2D eigenvalue weighted by Crippen LogP contribution is -2.49. The largest absolute Gasteiger partial charge is 0.348 e. The zero-order chi connectivity index (χ0) is 22.0. The lowest BCUT2D eigenvalue weighted by molar-refractivity contribution is -0.188. The second kappa shape index (κ2) is 12.6. The zero-order valence-electron chi connectivity index (χ0n) is 19.4. The molecule has 3 amide bonds. The molecule has 2 aliphatic rings. The van der Waals surface area contributed by atoms with Crippen LogP contribution in [0.5, 0.6) is 0 Å². The number of urea groups is 1. The Labute approximate surface area is 182 Å². The van der Waals surface area contributed by atoms with E-state index < -0.39 is 5.79 Å². The molecule has 0 unspecified atom stereocenters. The van der Waals surface area contributed by atoms with Crippen molar-refractivity contribution in [2.75, 3.05) is 60.5 Å². The SMILES string of the molecule is CCCN(C(=O)NCCCN(C)C)C(=O)[C@@H](CNC)C[C@H]1CCCC2(C1)OCCO2. The van der Waals surface area contributed by atoms with Gasteiger partial charge in [-0.3, -0.25) is 9.69 Å². The number of hydrogen-bond acceptors (Lipinski definition) is 6. The first kappa shape index (κ1) is 25.0. The maximum Gasteiger partial charge on any atom is 0.324 e. The van der Waals surface area contributed by atoms with Gasteiger partial charge in [0.2, 0.25) is 5.91 Å². The topological polar surface area (TPSA) is 83.1 Å². The van der Waals surface area contributed by atoms with Crippen molar-refractivity contribution < 1.29 is 19.1 Å². The summed E-state index contributed by atoms with van der Waals surface area (Å²) < 4.78 is 11.8. The highest BCUT2D eigenvalue weighted by Crippen LogP contribution is 2.41. The highest BCUT2D eigenvalue weighted by atomic mass is 16.7. The summed E-state index contributed by atoms with van der Waals surface area (Å²) in [6.07, 6.45) is 6.26. The molecule has 0 aromatic carbocycles. The Morgan fingerprint density at radius 2 is 1.93 bits per heavy atom. The van der Waals surface area contributed by atoms with E-state index >= 15 is 0 Å². The number of nitrogens with zero attached hydrogens (tertiary/aromatic N) is 2. The Hall–Kier alpha value is -1.22. The summed E-state index contributed by atoms with van der Waals surface area (Å²) in [5.41, 5.74) is 0. The molecule has 0 aromatic rings. The number of nitrogens with one attached hydrogen (secondary N) is 2. The fourth-order valence-corrected chi connectivity index (χ4v) is 4.63. The molecule has 1 saturated carbocycles. The van der Waals surface area contributed by atoms with Gasteiger partial charge in [0.1, 0.15) is 0 Å². The third kappa shape index (κ3) is 7.48. The van der Waals surface area contributed by atoms with Crippen LogP contribution in [0, 0.1) is 11.8 Å². The van der Waals surface area contributed by atoms with Gasteiger partial charge in [-0.25, -0.2) is 4.79 Å². The highest BCUT2D eigenvalue weighted by Gasteiger charge is 2.42. The minimum atomic E-state index is -0.441. The van der Waals surface area contributed by atoms with Crippen LogP contribution in [0.2, 0.25) is 0 Å². The van der Waals surface area contributed by atoms with E-state index in [1.807, 2.05) is 28.1 Å². The van der Waals surface area contributed by atoms with E-state index in [4.69, 9.17) is 9.47 Å². The molecular weight excluding hydrogens is 384 g/mol. The monoisotopic (exact) mass is 426 g/mol. The van der Waals surface area contributed by atoms with E-state index in [2.05, 4.69) is 15.5 Å². The van der Waals surface area contributed by atoms with Gasteiger partial charge in [-0.15, -0.1) is 0 Å². The van der Waals surface area contributed by atoms with Crippen LogP contribution in [0.4, 0.5) is 4.79 Å². The molecule has 2 atom stereocenters. The molecule has 174 valence electrons. The van der Waals surface area contributed by atoms with Gasteiger partial charge < -0.3 is 25.0 Å². The quantitative estimate of drug-likeness (QED) is 0.492. The number of hydrogen-bond donors (Lipinski definition) is 2. The summed E-state index contributed by atoms with van der Waals surface area (Å²) in [5, 5.41) is 6.08. The first-order chi connectivity index (χ1) is 14.4. The van der Waals surface area contributed by atoms with Crippen LogP contribution in [0.15, 0.2) is 0 Å². The smallest absolute Gasteiger partial charge is 0.324 e. The molecule has 30 heavy (non-hydrogen) atoms. The van der Waals surface area contributed by atoms with Crippen LogP contribution in [0.1, 0.15) is 51.9 Å². The number of carbonyl (C=O) groups is 2. The molecule has 1 spiro atoms. The van der Waals surface area contributed by atoms with Crippen LogP contribution >= 0.6 is 0 Å². The first-order valence-electron chi connectivity index (χ1n) is 11.6. The van der Waals surface area contributed by atoms with Crippen LogP contribution in [0.3, 0.4) is 0 Å². The lowest BCUT2D eigenvalue weighted by Gasteiger charge is -2.37. The van der Waals surface area contributed by atoms with E-state index in [1.54, 1.807) is 0 Å². The molecule has 1 heterocycles. The summed E-state index contributed by atoms with van der Waals surface area (Å²) >= 11 is 0. The van der Waals surface area contributed by atoms with E-state index in [0.717, 1.165) is 51.5 Å². The maximum absolute atomic E-state index is 13.3. The maximum atomic E-state index is 13.3. The van der Waals surface area contributed by atoms with Crippen molar-refractivity contribution in [2.24, 2.45) is 11.8 Å². The summed E-state index contributed by atoms with van der Waals surface area (Å²) in [5.74, 6) is -0.381. The third-order valence-electron chi connectivity index (χ3n) is 6.02. The number of imide groups is 1. The van der Waals surface area contributed by atoms with E-state index in [1.165, 1.54) is 4.90 Å². The Balaban J connectivity index is 1.96. The minimum absolute atomic E-state index is 0.0795. The van der Waals surface area contributed by atoms with Gasteiger partial charge in [0.15, 0.2) is 5.79 Å². The third-order valence-corrected chi connectivity index (χ3v) is 6.02. The van der Waals surface area contributed by atoms with Crippen molar-refractivity contribution in [2.45, 2.75) is 57.7 Å². The van der Waals surface area contributed by atoms with Crippen molar-refractivity contribution in [3.05, 3.63) is 0 Å². The molecule has 1 saturated heterocycles. The van der Waals surface area contributed by atoms with Gasteiger partial charge >= 0.3 is 6.03 Å². The van der Waals surface area contributed by atoms with Crippen molar-refractivity contribution in [1.82, 2.24) is 20.4 Å². The second-order valence-corrected chi connectivity index (χ2v) is 8.94. The molecule has 1 aliphatic carbocycles. The normalized spacial score (nSPS) is 21.7. The van der Waals surface area contributed by atoms with Gasteiger partial charge in [-0.2, -0.15) is 0 Å². The summed E-state index contributed by atoms with van der Waals surface area (Å²) in [6, 6.07) is -0.274. The number of carbonyl (C=O) groups excluding carboxylic acids is 2. The Kier molecular flexibility index (Phi) is 10.5. The second-order valence-electron chi connectivity index (χ2n) is 8.94. The van der Waals surface area contributed by atoms with Gasteiger partial charge in [0.25, 0.3) is 0 Å². The predicted octanol–water partition coefficient (Wildman–Crippen LogP) is 2.05. The van der Waals surface area contributed by atoms with Crippen molar-refractivity contribution in [1.29, 1.82) is 0 Å². The Morgan fingerprint density at radius 3 is 2.57 bits per heavy atom. The number of rotatable bonds is 11. The molecule has 2 N–H and O–H groups in total. The lowest BCUT2D eigenvalue weighted by atomic mass is 9.79. The predicted molar refractivity (Wildman–Crippen MR) is 117 cm³/mol. The highest BCUT2D eigenvalue weighted by molar-refractivity contribution is 5.95. The Morgan fingerprint density at radius 1 is 1.20 bits per heavy atom. The molecule has 8 nitrogen and oxygen atoms in total. The fourth-order valence-electron chi connectivity index (χ4n) is 4.63. The standard InChI is InChI=1S/C22H42N4O4/c1-5-11-26(21(28)24-10-7-12-25(3)4)20(27)19(17-23-2)15-18-8-6-9-22(16-18)29-13-14-30-22/h18-19,23H,5-17H2,1-4H3,(H,24,28)/t18-,19-/m1/s1. The molecule has 0 aromatic heterocycles. The van der Waals surface area contributed by atoms with Crippen molar-refractivity contribution in [3.63, 3.8) is 0 Å². The van der Waals surface area contributed by atoms with E-state index in [9.17, 15) is 9.59 Å². The average molecular weight is 427 g/mol. The first-order valence-corrected chi connectivity index (χ1v) is 11.6. The molecule has 2 fully saturated rings. The van der Waals surface area contributed by atoms with Crippen LogP contribution in [-0.4, -0.2) is 88.1 Å². The van der Waals surface area contributed by atoms with Gasteiger partial charge in [-0.05, 0) is 59.3 Å². The summed E-state index contributed by atoms with van der Waals surface area (Å²) in [4.78, 5) is 29.6. The number of ether oxygens (including phenoxy) is 2. The van der Waals surface area contributed by atoms with Crippen LogP contribution in [-0.2, 0) is 14.3 Å². The van der Waals surface area contributed by atoms with Crippen molar-refractivity contribution >= 4 is 11.9 Å². The Bertz CT molecular complexity index is 537. The van der Waals surface area contributed by atoms with E-state index in [-0.39, 0.29) is 17.9 Å². The van der Waals surface area contributed by atoms with Gasteiger partial charge in [0.05, 0.1) is 19.1 Å². The average Bonchev–Trinajstić information content (AvgIpc) is 3.15. The van der Waals surface area contributed by atoms with Crippen LogP contribution in [0.25, 0.3) is 0 Å². The summed E-state index contributed by atoms with van der Waals surface area (Å²) in [6.45, 7) is 5.79. The summed E-state index contributed by atoms with van der Waals surface area (Å²) in [7, 11) is 5.87. The molecule has 1 aliphatic heterocycles. The molecule has 0 radical (unpaired) electrons. The fraction of sp³-hybridized carbons (Fsp3) is 0.909. The number of amides is 3. The molecule has 8 heteroatoms. The molecule has 2 rings (SSSR count). The van der Waals surface area contributed by atoms with Gasteiger partial charge in [-0.1, -0.05) is 13.3 Å². The van der Waals surface area contributed by atoms with Crippen LogP contribution < -0.4 is 10.6 Å².